The highest BCUT2D eigenvalue weighted by Crippen LogP contribution is 2.26. The zero-order chi connectivity index (χ0) is 16.8. The van der Waals surface area contributed by atoms with Gasteiger partial charge in [0.15, 0.2) is 0 Å². The number of piperidine rings is 1. The molecule has 3 rings (SSSR count). The highest BCUT2D eigenvalue weighted by atomic mass is 16.5. The van der Waals surface area contributed by atoms with E-state index in [1.807, 2.05) is 18.2 Å². The first-order valence-corrected chi connectivity index (χ1v) is 8.36. The number of benzene rings is 1. The summed E-state index contributed by atoms with van der Waals surface area (Å²) in [6.07, 6.45) is 8.38. The van der Waals surface area contributed by atoms with Gasteiger partial charge in [0.05, 0.1) is 7.11 Å². The lowest BCUT2D eigenvalue weighted by atomic mass is 9.93. The van der Waals surface area contributed by atoms with Crippen LogP contribution >= 0.6 is 0 Å². The van der Waals surface area contributed by atoms with Gasteiger partial charge in [-0.3, -0.25) is 4.90 Å². The van der Waals surface area contributed by atoms with E-state index in [1.165, 1.54) is 5.56 Å². The quantitative estimate of drug-likeness (QED) is 0.916. The molecule has 5 nitrogen and oxygen atoms in total. The van der Waals surface area contributed by atoms with Gasteiger partial charge >= 0.3 is 0 Å². The summed E-state index contributed by atoms with van der Waals surface area (Å²) in [6.45, 7) is 3.15. The Hall–Kier alpha value is -2.40. The van der Waals surface area contributed by atoms with Gasteiger partial charge < -0.3 is 10.5 Å². The van der Waals surface area contributed by atoms with Crippen molar-refractivity contribution in [2.45, 2.75) is 18.8 Å². The molecule has 1 aliphatic rings. The normalized spacial score (nSPS) is 16.5. The predicted octanol–water partition coefficient (Wildman–Crippen LogP) is 2.96. The summed E-state index contributed by atoms with van der Waals surface area (Å²) >= 11 is 0. The van der Waals surface area contributed by atoms with Crippen LogP contribution in [0.15, 0.2) is 42.6 Å². The number of anilines is 1. The van der Waals surface area contributed by atoms with Crippen LogP contribution in [-0.4, -0.2) is 41.6 Å². The maximum Gasteiger partial charge on any atom is 0.220 e. The number of methoxy groups -OCH3 is 1. The lowest BCUT2D eigenvalue weighted by Gasteiger charge is -2.30. The van der Waals surface area contributed by atoms with Gasteiger partial charge in [-0.25, -0.2) is 9.97 Å². The Balaban J connectivity index is 1.47. The molecule has 0 amide bonds. The lowest BCUT2D eigenvalue weighted by Crippen LogP contribution is -2.33. The fraction of sp³-hybridized carbons (Fsp3) is 0.368. The summed E-state index contributed by atoms with van der Waals surface area (Å²) in [6, 6.07) is 10.1. The molecule has 1 aromatic carbocycles. The topological polar surface area (TPSA) is 64.3 Å². The van der Waals surface area contributed by atoms with Crippen molar-refractivity contribution >= 4 is 12.0 Å². The Bertz CT molecular complexity index is 676. The first-order valence-electron chi connectivity index (χ1n) is 8.36. The smallest absolute Gasteiger partial charge is 0.220 e. The number of rotatable bonds is 5. The molecule has 1 aromatic heterocycles. The second kappa shape index (κ2) is 7.93. The molecule has 0 bridgehead atoms. The van der Waals surface area contributed by atoms with Crippen LogP contribution < -0.4 is 10.5 Å². The van der Waals surface area contributed by atoms with E-state index in [9.17, 15) is 0 Å². The molecule has 0 saturated carbocycles. The van der Waals surface area contributed by atoms with E-state index in [0.29, 0.717) is 11.9 Å². The zero-order valence-corrected chi connectivity index (χ0v) is 14.1. The fourth-order valence-corrected chi connectivity index (χ4v) is 3.08. The van der Waals surface area contributed by atoms with E-state index in [0.717, 1.165) is 43.9 Å². The number of aromatic nitrogens is 2. The van der Waals surface area contributed by atoms with Crippen molar-refractivity contribution in [3.63, 3.8) is 0 Å². The van der Waals surface area contributed by atoms with Gasteiger partial charge in [-0.2, -0.15) is 0 Å². The second-order valence-corrected chi connectivity index (χ2v) is 6.09. The van der Waals surface area contributed by atoms with Crippen LogP contribution in [-0.2, 0) is 0 Å². The van der Waals surface area contributed by atoms with Crippen LogP contribution in [0.2, 0.25) is 0 Å². The van der Waals surface area contributed by atoms with Crippen LogP contribution in [0.1, 0.15) is 30.0 Å². The fourth-order valence-electron chi connectivity index (χ4n) is 3.08. The Morgan fingerprint density at radius 2 is 1.96 bits per heavy atom. The molecule has 126 valence electrons. The summed E-state index contributed by atoms with van der Waals surface area (Å²) in [5.74, 6) is 1.76. The van der Waals surface area contributed by atoms with Gasteiger partial charge in [-0.15, -0.1) is 0 Å². The summed E-state index contributed by atoms with van der Waals surface area (Å²) in [5, 5.41) is 0. The summed E-state index contributed by atoms with van der Waals surface area (Å²) in [7, 11) is 1.68. The number of likely N-dealkylation sites (tertiary alicyclic amines) is 1. The number of nitrogens with two attached hydrogens (primary N) is 1. The van der Waals surface area contributed by atoms with Gasteiger partial charge in [0, 0.05) is 24.4 Å². The standard InChI is InChI=1S/C19H24N4O/c1-24-17-6-4-15(5-7-17)3-2-12-23-13-9-16(10-14-23)18-8-11-21-19(20)22-18/h2-8,11,16H,9-10,12-14H2,1H3,(H2,20,21,22). The Kier molecular flexibility index (Phi) is 5.43. The number of ether oxygens (including phenoxy) is 1. The van der Waals surface area contributed by atoms with E-state index >= 15 is 0 Å². The summed E-state index contributed by atoms with van der Waals surface area (Å²) in [5.41, 5.74) is 7.96. The highest BCUT2D eigenvalue weighted by molar-refractivity contribution is 5.50. The first kappa shape index (κ1) is 16.5. The van der Waals surface area contributed by atoms with Crippen molar-refractivity contribution in [2.24, 2.45) is 0 Å². The Morgan fingerprint density at radius 3 is 2.62 bits per heavy atom. The molecule has 0 aliphatic carbocycles. The largest absolute Gasteiger partial charge is 0.497 e. The first-order chi connectivity index (χ1) is 11.7. The third-order valence-corrected chi connectivity index (χ3v) is 4.49. The molecule has 24 heavy (non-hydrogen) atoms. The minimum absolute atomic E-state index is 0.373. The number of hydrogen-bond acceptors (Lipinski definition) is 5. The third-order valence-electron chi connectivity index (χ3n) is 4.49. The van der Waals surface area contributed by atoms with Gasteiger partial charge in [0.2, 0.25) is 5.95 Å². The molecule has 0 unspecified atom stereocenters. The average molecular weight is 324 g/mol. The van der Waals surface area contributed by atoms with Crippen LogP contribution in [0.3, 0.4) is 0 Å². The molecule has 0 spiro atoms. The second-order valence-electron chi connectivity index (χ2n) is 6.09. The van der Waals surface area contributed by atoms with Crippen molar-refractivity contribution < 1.29 is 4.74 Å². The molecule has 1 aliphatic heterocycles. The van der Waals surface area contributed by atoms with Crippen LogP contribution in [0.5, 0.6) is 5.75 Å². The molecule has 2 N–H and O–H groups in total. The minimum Gasteiger partial charge on any atom is -0.497 e. The number of nitrogens with zero attached hydrogens (tertiary/aromatic N) is 3. The molecule has 2 aromatic rings. The molecular formula is C19H24N4O. The van der Waals surface area contributed by atoms with Gasteiger partial charge in [0.1, 0.15) is 5.75 Å². The number of nitrogen functional groups attached to an aromatic ring is 1. The molecular weight excluding hydrogens is 300 g/mol. The van der Waals surface area contributed by atoms with E-state index in [4.69, 9.17) is 10.5 Å². The van der Waals surface area contributed by atoms with E-state index in [2.05, 4.69) is 39.2 Å². The molecule has 1 fully saturated rings. The third kappa shape index (κ3) is 4.32. The molecule has 0 radical (unpaired) electrons. The molecule has 0 atom stereocenters. The number of hydrogen-bond donors (Lipinski definition) is 1. The van der Waals surface area contributed by atoms with Crippen molar-refractivity contribution in [2.75, 3.05) is 32.5 Å². The average Bonchev–Trinajstić information content (AvgIpc) is 2.63. The van der Waals surface area contributed by atoms with Crippen molar-refractivity contribution in [1.82, 2.24) is 14.9 Å². The SMILES string of the molecule is COc1ccc(C=CCN2CCC(c3ccnc(N)n3)CC2)cc1. The van der Waals surface area contributed by atoms with Crippen molar-refractivity contribution in [3.8, 4) is 5.75 Å². The lowest BCUT2D eigenvalue weighted by molar-refractivity contribution is 0.231. The molecule has 2 heterocycles. The Morgan fingerprint density at radius 1 is 1.21 bits per heavy atom. The maximum absolute atomic E-state index is 5.68. The van der Waals surface area contributed by atoms with Crippen LogP contribution in [0.25, 0.3) is 6.08 Å². The van der Waals surface area contributed by atoms with Crippen molar-refractivity contribution in [3.05, 3.63) is 53.9 Å². The van der Waals surface area contributed by atoms with Crippen LogP contribution in [0.4, 0.5) is 5.95 Å². The van der Waals surface area contributed by atoms with Crippen molar-refractivity contribution in [1.29, 1.82) is 0 Å². The zero-order valence-electron chi connectivity index (χ0n) is 14.1. The molecule has 1 saturated heterocycles. The van der Waals surface area contributed by atoms with E-state index < -0.39 is 0 Å². The minimum atomic E-state index is 0.373. The van der Waals surface area contributed by atoms with E-state index in [-0.39, 0.29) is 0 Å². The van der Waals surface area contributed by atoms with Gasteiger partial charge in [-0.05, 0) is 49.7 Å². The highest BCUT2D eigenvalue weighted by Gasteiger charge is 2.21. The van der Waals surface area contributed by atoms with Gasteiger partial charge in [-0.1, -0.05) is 24.3 Å². The predicted molar refractivity (Wildman–Crippen MR) is 96.9 cm³/mol. The summed E-state index contributed by atoms with van der Waals surface area (Å²) in [4.78, 5) is 10.8. The monoisotopic (exact) mass is 324 g/mol. The summed E-state index contributed by atoms with van der Waals surface area (Å²) < 4.78 is 5.17. The van der Waals surface area contributed by atoms with E-state index in [1.54, 1.807) is 13.3 Å². The maximum atomic E-state index is 5.68. The van der Waals surface area contributed by atoms with Gasteiger partial charge in [0.25, 0.3) is 0 Å². The van der Waals surface area contributed by atoms with Crippen LogP contribution in [0, 0.1) is 0 Å². The molecule has 5 heteroatoms. The Labute approximate surface area is 143 Å².